The summed E-state index contributed by atoms with van der Waals surface area (Å²) in [6.07, 6.45) is 3.46. The molecule has 2 heterocycles. The number of aromatic hydroxyl groups is 1. The third kappa shape index (κ3) is 1.96. The van der Waals surface area contributed by atoms with Gasteiger partial charge < -0.3 is 5.11 Å². The zero-order valence-corrected chi connectivity index (χ0v) is 10.1. The Hall–Kier alpha value is -2.27. The summed E-state index contributed by atoms with van der Waals surface area (Å²) in [5, 5.41) is 19.5. The van der Waals surface area contributed by atoms with E-state index in [9.17, 15) is 5.11 Å². The van der Waals surface area contributed by atoms with Crippen LogP contribution in [0.1, 0.15) is 0 Å². The van der Waals surface area contributed by atoms with Crippen LogP contribution in [-0.4, -0.2) is 20.3 Å². The van der Waals surface area contributed by atoms with Gasteiger partial charge >= 0.3 is 0 Å². The molecular weight excluding hydrogens is 246 g/mol. The first-order valence-electron chi connectivity index (χ1n) is 5.37. The van der Waals surface area contributed by atoms with Gasteiger partial charge in [-0.15, -0.1) is 10.2 Å². The van der Waals surface area contributed by atoms with Crippen LogP contribution in [0.5, 0.6) is 5.75 Å². The second-order valence-electron chi connectivity index (χ2n) is 3.67. The van der Waals surface area contributed by atoms with Gasteiger partial charge in [-0.1, -0.05) is 23.5 Å². The molecule has 1 aromatic carbocycles. The third-order valence-electron chi connectivity index (χ3n) is 2.47. The van der Waals surface area contributed by atoms with E-state index in [4.69, 9.17) is 0 Å². The van der Waals surface area contributed by atoms with Crippen LogP contribution < -0.4 is 0 Å². The first kappa shape index (κ1) is 10.9. The van der Waals surface area contributed by atoms with Crippen LogP contribution in [0.25, 0.3) is 21.1 Å². The van der Waals surface area contributed by atoms with Gasteiger partial charge in [-0.2, -0.15) is 0 Å². The van der Waals surface area contributed by atoms with Crippen LogP contribution in [0.2, 0.25) is 0 Å². The molecule has 0 aliphatic heterocycles. The maximum atomic E-state index is 9.77. The predicted molar refractivity (Wildman–Crippen MR) is 70.2 cm³/mol. The highest BCUT2D eigenvalue weighted by Crippen LogP contribution is 2.33. The molecule has 1 N–H and O–H groups in total. The molecule has 0 bridgehead atoms. The summed E-state index contributed by atoms with van der Waals surface area (Å²) in [6.45, 7) is 0. The average molecular weight is 255 g/mol. The van der Waals surface area contributed by atoms with Crippen molar-refractivity contribution in [3.63, 3.8) is 0 Å². The minimum atomic E-state index is 0.214. The molecule has 2 aromatic heterocycles. The lowest BCUT2D eigenvalue weighted by atomic mass is 10.2. The van der Waals surface area contributed by atoms with Crippen LogP contribution in [0.15, 0.2) is 48.8 Å². The first-order chi connectivity index (χ1) is 8.84. The van der Waals surface area contributed by atoms with Gasteiger partial charge in [-0.05, 0) is 24.3 Å². The zero-order valence-electron chi connectivity index (χ0n) is 9.32. The van der Waals surface area contributed by atoms with Crippen molar-refractivity contribution in [3.05, 3.63) is 48.8 Å². The van der Waals surface area contributed by atoms with E-state index >= 15 is 0 Å². The van der Waals surface area contributed by atoms with E-state index in [0.717, 1.165) is 10.6 Å². The van der Waals surface area contributed by atoms with Gasteiger partial charge in [0.05, 0.1) is 5.56 Å². The van der Waals surface area contributed by atoms with Crippen molar-refractivity contribution in [1.29, 1.82) is 0 Å². The van der Waals surface area contributed by atoms with E-state index in [2.05, 4.69) is 15.2 Å². The number of hydrogen-bond acceptors (Lipinski definition) is 5. The Bertz CT molecular complexity index is 667. The fourth-order valence-corrected chi connectivity index (χ4v) is 2.46. The zero-order chi connectivity index (χ0) is 12.4. The second kappa shape index (κ2) is 4.54. The number of rotatable bonds is 2. The summed E-state index contributed by atoms with van der Waals surface area (Å²) in [4.78, 5) is 4.05. The number of pyridine rings is 1. The van der Waals surface area contributed by atoms with Crippen LogP contribution in [-0.2, 0) is 0 Å². The SMILES string of the molecule is Oc1ccccc1-c1nnc(-c2cccnc2)s1. The number of aromatic nitrogens is 3. The number of nitrogens with zero attached hydrogens (tertiary/aromatic N) is 3. The third-order valence-corrected chi connectivity index (χ3v) is 3.47. The molecule has 0 saturated heterocycles. The van der Waals surface area contributed by atoms with E-state index in [1.807, 2.05) is 24.3 Å². The van der Waals surface area contributed by atoms with Crippen molar-refractivity contribution in [3.8, 4) is 26.9 Å². The summed E-state index contributed by atoms with van der Waals surface area (Å²) >= 11 is 1.43. The number of para-hydroxylation sites is 1. The van der Waals surface area contributed by atoms with Gasteiger partial charge in [0, 0.05) is 18.0 Å². The topological polar surface area (TPSA) is 58.9 Å². The van der Waals surface area contributed by atoms with Crippen LogP contribution >= 0.6 is 11.3 Å². The molecule has 0 unspecified atom stereocenters. The fourth-order valence-electron chi connectivity index (χ4n) is 1.59. The van der Waals surface area contributed by atoms with Crippen molar-refractivity contribution in [1.82, 2.24) is 15.2 Å². The van der Waals surface area contributed by atoms with Crippen molar-refractivity contribution < 1.29 is 5.11 Å². The summed E-state index contributed by atoms with van der Waals surface area (Å²) in [7, 11) is 0. The van der Waals surface area contributed by atoms with E-state index < -0.39 is 0 Å². The Kier molecular flexibility index (Phi) is 2.74. The molecule has 0 aliphatic rings. The lowest BCUT2D eigenvalue weighted by Crippen LogP contribution is -1.78. The van der Waals surface area contributed by atoms with Crippen molar-refractivity contribution in [2.24, 2.45) is 0 Å². The normalized spacial score (nSPS) is 10.4. The fraction of sp³-hybridized carbons (Fsp3) is 0. The second-order valence-corrected chi connectivity index (χ2v) is 4.65. The summed E-state index contributed by atoms with van der Waals surface area (Å²) < 4.78 is 0. The van der Waals surface area contributed by atoms with E-state index in [1.165, 1.54) is 11.3 Å². The molecule has 0 aliphatic carbocycles. The number of phenolic OH excluding ortho intramolecular Hbond substituents is 1. The van der Waals surface area contributed by atoms with Gasteiger partial charge in [0.2, 0.25) is 0 Å². The molecule has 18 heavy (non-hydrogen) atoms. The Labute approximate surface area is 108 Å². The molecule has 88 valence electrons. The van der Waals surface area contributed by atoms with Crippen LogP contribution in [0, 0.1) is 0 Å². The minimum absolute atomic E-state index is 0.214. The molecule has 3 aromatic rings. The molecule has 5 heteroatoms. The van der Waals surface area contributed by atoms with Crippen LogP contribution in [0.4, 0.5) is 0 Å². The predicted octanol–water partition coefficient (Wildman–Crippen LogP) is 2.97. The Morgan fingerprint density at radius 3 is 2.56 bits per heavy atom. The average Bonchev–Trinajstić information content (AvgIpc) is 2.90. The maximum Gasteiger partial charge on any atom is 0.151 e. The lowest BCUT2D eigenvalue weighted by molar-refractivity contribution is 0.477. The standard InChI is InChI=1S/C13H9N3OS/c17-11-6-2-1-5-10(11)13-16-15-12(18-13)9-4-3-7-14-8-9/h1-8,17H. The number of benzene rings is 1. The molecule has 0 amide bonds. The number of phenols is 1. The Morgan fingerprint density at radius 1 is 0.944 bits per heavy atom. The van der Waals surface area contributed by atoms with E-state index in [-0.39, 0.29) is 5.75 Å². The highest BCUT2D eigenvalue weighted by molar-refractivity contribution is 7.17. The van der Waals surface area contributed by atoms with Gasteiger partial charge in [0.15, 0.2) is 5.01 Å². The maximum absolute atomic E-state index is 9.77. The number of hydrogen-bond donors (Lipinski definition) is 1. The smallest absolute Gasteiger partial charge is 0.151 e. The molecule has 0 radical (unpaired) electrons. The molecule has 0 saturated carbocycles. The van der Waals surface area contributed by atoms with Gasteiger partial charge in [-0.25, -0.2) is 0 Å². The van der Waals surface area contributed by atoms with Gasteiger partial charge in [0.25, 0.3) is 0 Å². The highest BCUT2D eigenvalue weighted by atomic mass is 32.1. The van der Waals surface area contributed by atoms with E-state index in [1.54, 1.807) is 24.5 Å². The quantitative estimate of drug-likeness (QED) is 0.764. The van der Waals surface area contributed by atoms with Crippen LogP contribution in [0.3, 0.4) is 0 Å². The van der Waals surface area contributed by atoms with Crippen molar-refractivity contribution in [2.75, 3.05) is 0 Å². The molecule has 0 fully saturated rings. The van der Waals surface area contributed by atoms with E-state index in [0.29, 0.717) is 10.6 Å². The Morgan fingerprint density at radius 2 is 1.78 bits per heavy atom. The molecule has 0 atom stereocenters. The van der Waals surface area contributed by atoms with Crippen molar-refractivity contribution in [2.45, 2.75) is 0 Å². The molecule has 0 spiro atoms. The Balaban J connectivity index is 2.03. The minimum Gasteiger partial charge on any atom is -0.507 e. The lowest BCUT2D eigenvalue weighted by Gasteiger charge is -1.97. The first-order valence-corrected chi connectivity index (χ1v) is 6.18. The summed E-state index contributed by atoms with van der Waals surface area (Å²) in [6, 6.07) is 10.9. The van der Waals surface area contributed by atoms with Crippen molar-refractivity contribution >= 4 is 11.3 Å². The van der Waals surface area contributed by atoms with Gasteiger partial charge in [-0.3, -0.25) is 4.98 Å². The largest absolute Gasteiger partial charge is 0.507 e. The van der Waals surface area contributed by atoms with Gasteiger partial charge in [0.1, 0.15) is 10.8 Å². The molecule has 3 rings (SSSR count). The highest BCUT2D eigenvalue weighted by Gasteiger charge is 2.11. The monoisotopic (exact) mass is 255 g/mol. The molecule has 4 nitrogen and oxygen atoms in total. The summed E-state index contributed by atoms with van der Waals surface area (Å²) in [5.41, 5.74) is 1.63. The summed E-state index contributed by atoms with van der Waals surface area (Å²) in [5.74, 6) is 0.214. The molecular formula is C13H9N3OS.